The molecule has 23 heavy (non-hydrogen) atoms. The number of carbonyl (C=O) groups excluding carboxylic acids is 2. The molecule has 1 fully saturated rings. The fraction of sp³-hybridized carbons (Fsp3) is 0.882. The van der Waals surface area contributed by atoms with Gasteiger partial charge in [0.25, 0.3) is 0 Å². The molecule has 2 atom stereocenters. The third kappa shape index (κ3) is 6.01. The Bertz CT molecular complexity index is 418. The van der Waals surface area contributed by atoms with Crippen LogP contribution in [0.5, 0.6) is 0 Å². The smallest absolute Gasteiger partial charge is 0.410 e. The van der Waals surface area contributed by atoms with Gasteiger partial charge in [0.15, 0.2) is 0 Å². The Morgan fingerprint density at radius 2 is 1.96 bits per heavy atom. The fourth-order valence-corrected chi connectivity index (χ4v) is 2.65. The van der Waals surface area contributed by atoms with Crippen molar-refractivity contribution in [3.8, 4) is 0 Å². The second kappa shape index (κ2) is 7.99. The van der Waals surface area contributed by atoms with E-state index in [1.165, 1.54) is 0 Å². The predicted octanol–water partition coefficient (Wildman–Crippen LogP) is 2.08. The van der Waals surface area contributed by atoms with Crippen molar-refractivity contribution in [3.05, 3.63) is 0 Å². The average molecular weight is 327 g/mol. The normalized spacial score (nSPS) is 19.8. The topological polar surface area (TPSA) is 75.9 Å². The van der Waals surface area contributed by atoms with Crippen LogP contribution in [0.1, 0.15) is 48.0 Å². The zero-order chi connectivity index (χ0) is 17.8. The highest BCUT2D eigenvalue weighted by molar-refractivity contribution is 5.82. The number of amides is 2. The first-order chi connectivity index (χ1) is 10.5. The highest BCUT2D eigenvalue weighted by atomic mass is 16.6. The standard InChI is InChI=1S/C17H33N3O3/c1-7-19(16(22)23-17(4,5)6)10-13-8-9-20(11-13)15(21)14(18)12(2)3/h12-14H,7-11,18H2,1-6H3/t13?,14-/m0/s1. The number of likely N-dealkylation sites (tertiary alicyclic amines) is 1. The van der Waals surface area contributed by atoms with E-state index in [-0.39, 0.29) is 23.8 Å². The van der Waals surface area contributed by atoms with Gasteiger partial charge < -0.3 is 20.3 Å². The monoisotopic (exact) mass is 327 g/mol. The van der Waals surface area contributed by atoms with Crippen molar-refractivity contribution in [1.82, 2.24) is 9.80 Å². The van der Waals surface area contributed by atoms with Gasteiger partial charge in [-0.05, 0) is 46.0 Å². The Kier molecular flexibility index (Phi) is 6.86. The van der Waals surface area contributed by atoms with Crippen molar-refractivity contribution in [3.63, 3.8) is 0 Å². The summed E-state index contributed by atoms with van der Waals surface area (Å²) in [4.78, 5) is 28.0. The lowest BCUT2D eigenvalue weighted by Gasteiger charge is -2.28. The van der Waals surface area contributed by atoms with Gasteiger partial charge in [0.2, 0.25) is 5.91 Å². The molecule has 1 saturated heterocycles. The highest BCUT2D eigenvalue weighted by Gasteiger charge is 2.32. The van der Waals surface area contributed by atoms with Gasteiger partial charge in [0.1, 0.15) is 5.60 Å². The predicted molar refractivity (Wildman–Crippen MR) is 91.0 cm³/mol. The molecule has 0 aliphatic carbocycles. The van der Waals surface area contributed by atoms with Gasteiger partial charge >= 0.3 is 6.09 Å². The van der Waals surface area contributed by atoms with Crippen molar-refractivity contribution in [1.29, 1.82) is 0 Å². The molecule has 0 aromatic rings. The van der Waals surface area contributed by atoms with E-state index in [9.17, 15) is 9.59 Å². The number of carbonyl (C=O) groups is 2. The molecule has 2 N–H and O–H groups in total. The van der Waals surface area contributed by atoms with E-state index in [4.69, 9.17) is 10.5 Å². The molecule has 0 radical (unpaired) electrons. The summed E-state index contributed by atoms with van der Waals surface area (Å²) in [5.41, 5.74) is 5.46. The number of nitrogens with two attached hydrogens (primary N) is 1. The summed E-state index contributed by atoms with van der Waals surface area (Å²) in [5, 5.41) is 0. The Balaban J connectivity index is 2.55. The number of ether oxygens (including phenoxy) is 1. The van der Waals surface area contributed by atoms with Crippen LogP contribution in [-0.2, 0) is 9.53 Å². The first-order valence-corrected chi connectivity index (χ1v) is 8.57. The van der Waals surface area contributed by atoms with Gasteiger partial charge in [-0.2, -0.15) is 0 Å². The van der Waals surface area contributed by atoms with Crippen LogP contribution in [-0.4, -0.2) is 59.6 Å². The first-order valence-electron chi connectivity index (χ1n) is 8.57. The van der Waals surface area contributed by atoms with E-state index >= 15 is 0 Å². The molecule has 1 heterocycles. The van der Waals surface area contributed by atoms with Crippen LogP contribution in [0.25, 0.3) is 0 Å². The Hall–Kier alpha value is -1.30. The summed E-state index contributed by atoms with van der Waals surface area (Å²) in [5.74, 6) is 0.434. The van der Waals surface area contributed by atoms with E-state index in [0.717, 1.165) is 13.0 Å². The first kappa shape index (κ1) is 19.7. The van der Waals surface area contributed by atoms with Crippen LogP contribution in [0.3, 0.4) is 0 Å². The zero-order valence-corrected chi connectivity index (χ0v) is 15.5. The molecule has 134 valence electrons. The molecule has 6 heteroatoms. The minimum Gasteiger partial charge on any atom is -0.444 e. The average Bonchev–Trinajstić information content (AvgIpc) is 2.89. The van der Waals surface area contributed by atoms with Crippen LogP contribution in [0.15, 0.2) is 0 Å². The number of nitrogens with zero attached hydrogens (tertiary/aromatic N) is 2. The highest BCUT2D eigenvalue weighted by Crippen LogP contribution is 2.20. The van der Waals surface area contributed by atoms with Crippen LogP contribution in [0, 0.1) is 11.8 Å². The second-order valence-electron chi connectivity index (χ2n) is 7.73. The molecule has 1 rings (SSSR count). The second-order valence-corrected chi connectivity index (χ2v) is 7.73. The Morgan fingerprint density at radius 3 is 2.43 bits per heavy atom. The van der Waals surface area contributed by atoms with Crippen molar-refractivity contribution in [2.24, 2.45) is 17.6 Å². The number of hydrogen-bond acceptors (Lipinski definition) is 4. The summed E-state index contributed by atoms with van der Waals surface area (Å²) in [7, 11) is 0. The van der Waals surface area contributed by atoms with Crippen LogP contribution < -0.4 is 5.73 Å². The molecule has 6 nitrogen and oxygen atoms in total. The molecule has 0 aromatic heterocycles. The van der Waals surface area contributed by atoms with Gasteiger partial charge in [0, 0.05) is 26.2 Å². The molecule has 0 bridgehead atoms. The number of rotatable bonds is 5. The molecule has 0 saturated carbocycles. The van der Waals surface area contributed by atoms with Gasteiger partial charge in [-0.3, -0.25) is 4.79 Å². The fourth-order valence-electron chi connectivity index (χ4n) is 2.65. The van der Waals surface area contributed by atoms with Crippen LogP contribution in [0.4, 0.5) is 4.79 Å². The lowest BCUT2D eigenvalue weighted by atomic mass is 10.0. The molecule has 1 unspecified atom stereocenters. The van der Waals surface area contributed by atoms with Crippen LogP contribution in [0.2, 0.25) is 0 Å². The lowest BCUT2D eigenvalue weighted by Crippen LogP contribution is -2.46. The van der Waals surface area contributed by atoms with Gasteiger partial charge in [-0.1, -0.05) is 13.8 Å². The third-order valence-electron chi connectivity index (χ3n) is 4.11. The maximum absolute atomic E-state index is 12.3. The quantitative estimate of drug-likeness (QED) is 0.839. The molecule has 1 aliphatic rings. The molecule has 0 spiro atoms. The van der Waals surface area contributed by atoms with Crippen molar-refractivity contribution < 1.29 is 14.3 Å². The third-order valence-corrected chi connectivity index (χ3v) is 4.11. The molecule has 0 aromatic carbocycles. The minimum atomic E-state index is -0.494. The largest absolute Gasteiger partial charge is 0.444 e. The summed E-state index contributed by atoms with van der Waals surface area (Å²) in [6.45, 7) is 14.0. The maximum Gasteiger partial charge on any atom is 0.410 e. The Morgan fingerprint density at radius 1 is 1.35 bits per heavy atom. The maximum atomic E-state index is 12.3. The summed E-state index contributed by atoms with van der Waals surface area (Å²) in [6, 6.07) is -0.443. The molecule has 1 aliphatic heterocycles. The van der Waals surface area contributed by atoms with Crippen molar-refractivity contribution in [2.45, 2.75) is 59.6 Å². The van der Waals surface area contributed by atoms with Crippen molar-refractivity contribution >= 4 is 12.0 Å². The summed E-state index contributed by atoms with van der Waals surface area (Å²) in [6.07, 6.45) is 0.610. The van der Waals surface area contributed by atoms with Crippen LogP contribution >= 0.6 is 0 Å². The molecular weight excluding hydrogens is 294 g/mol. The summed E-state index contributed by atoms with van der Waals surface area (Å²) >= 11 is 0. The van der Waals surface area contributed by atoms with E-state index in [1.54, 1.807) is 4.90 Å². The van der Waals surface area contributed by atoms with Gasteiger partial charge in [0.05, 0.1) is 6.04 Å². The van der Waals surface area contributed by atoms with E-state index in [0.29, 0.717) is 19.6 Å². The van der Waals surface area contributed by atoms with E-state index < -0.39 is 11.6 Å². The molecule has 2 amide bonds. The SMILES string of the molecule is CCN(CC1CCN(C(=O)[C@@H](N)C(C)C)C1)C(=O)OC(C)(C)C. The summed E-state index contributed by atoms with van der Waals surface area (Å²) < 4.78 is 5.43. The van der Waals surface area contributed by atoms with E-state index in [2.05, 4.69) is 0 Å². The number of hydrogen-bond donors (Lipinski definition) is 1. The molecular formula is C17H33N3O3. The van der Waals surface area contributed by atoms with Gasteiger partial charge in [-0.25, -0.2) is 4.79 Å². The van der Waals surface area contributed by atoms with Crippen molar-refractivity contribution in [2.75, 3.05) is 26.2 Å². The van der Waals surface area contributed by atoms with Gasteiger partial charge in [-0.15, -0.1) is 0 Å². The minimum absolute atomic E-state index is 0.0165. The zero-order valence-electron chi connectivity index (χ0n) is 15.5. The lowest BCUT2D eigenvalue weighted by molar-refractivity contribution is -0.132. The van der Waals surface area contributed by atoms with E-state index in [1.807, 2.05) is 46.4 Å². The Labute approximate surface area is 140 Å².